The van der Waals surface area contributed by atoms with E-state index in [0.29, 0.717) is 6.61 Å². The molecule has 0 spiro atoms. The lowest BCUT2D eigenvalue weighted by molar-refractivity contribution is -0.186. The number of fused-ring (bicyclic) bond motifs is 2. The summed E-state index contributed by atoms with van der Waals surface area (Å²) in [7, 11) is 1.68. The molecule has 17 heavy (non-hydrogen) atoms. The predicted molar refractivity (Wildman–Crippen MR) is 60.9 cm³/mol. The van der Waals surface area contributed by atoms with Gasteiger partial charge in [0.1, 0.15) is 24.1 Å². The summed E-state index contributed by atoms with van der Waals surface area (Å²) in [5.74, 6) is 0.862. The molecule has 2 bridgehead atoms. The first-order chi connectivity index (χ1) is 8.36. The fourth-order valence-corrected chi connectivity index (χ4v) is 2.33. The Hall–Kier alpha value is -1.10. The Bertz CT molecular complexity index is 367. The summed E-state index contributed by atoms with van der Waals surface area (Å²) >= 11 is 0. The number of rotatable bonds is 3. The highest BCUT2D eigenvalue weighted by Crippen LogP contribution is 2.31. The summed E-state index contributed by atoms with van der Waals surface area (Å²) in [6.45, 7) is 0.585. The van der Waals surface area contributed by atoms with Crippen molar-refractivity contribution in [3.63, 3.8) is 0 Å². The Morgan fingerprint density at radius 1 is 1.18 bits per heavy atom. The van der Waals surface area contributed by atoms with Crippen LogP contribution in [0.5, 0.6) is 5.75 Å². The maximum atomic E-state index is 5.93. The van der Waals surface area contributed by atoms with Crippen molar-refractivity contribution in [2.45, 2.75) is 31.0 Å². The molecule has 2 saturated heterocycles. The second-order valence-corrected chi connectivity index (χ2v) is 4.36. The monoisotopic (exact) mass is 236 g/mol. The summed E-state index contributed by atoms with van der Waals surface area (Å²) in [6, 6.07) is 9.78. The SMILES string of the molecule is CO[C@@H]1C[C@H](Oc2ccccc2)[C@H]2CO[C@@H]1O2. The predicted octanol–water partition coefficient (Wildman–Crippen LogP) is 1.59. The molecule has 0 N–H and O–H groups in total. The fourth-order valence-electron chi connectivity index (χ4n) is 2.33. The van der Waals surface area contributed by atoms with E-state index in [2.05, 4.69) is 0 Å². The second kappa shape index (κ2) is 4.64. The van der Waals surface area contributed by atoms with E-state index in [0.717, 1.165) is 12.2 Å². The zero-order valence-corrected chi connectivity index (χ0v) is 9.74. The molecule has 0 saturated carbocycles. The minimum absolute atomic E-state index is 0.00102. The molecular weight excluding hydrogens is 220 g/mol. The van der Waals surface area contributed by atoms with Gasteiger partial charge in [-0.15, -0.1) is 0 Å². The molecule has 1 aromatic carbocycles. The van der Waals surface area contributed by atoms with Crippen LogP contribution in [0.15, 0.2) is 30.3 Å². The number of para-hydroxylation sites is 1. The molecule has 2 heterocycles. The Labute approximate surface area is 100 Å². The van der Waals surface area contributed by atoms with E-state index in [9.17, 15) is 0 Å². The van der Waals surface area contributed by atoms with E-state index in [4.69, 9.17) is 18.9 Å². The first kappa shape index (κ1) is 11.0. The number of ether oxygens (including phenoxy) is 4. The lowest BCUT2D eigenvalue weighted by atomic mass is 10.0. The minimum atomic E-state index is -0.222. The molecule has 92 valence electrons. The maximum Gasteiger partial charge on any atom is 0.184 e. The summed E-state index contributed by atoms with van der Waals surface area (Å²) in [5, 5.41) is 0. The molecule has 4 atom stereocenters. The third kappa shape index (κ3) is 2.16. The van der Waals surface area contributed by atoms with Gasteiger partial charge in [-0.1, -0.05) is 18.2 Å². The van der Waals surface area contributed by atoms with Gasteiger partial charge in [0.15, 0.2) is 6.29 Å². The lowest BCUT2D eigenvalue weighted by Gasteiger charge is -2.32. The van der Waals surface area contributed by atoms with Crippen LogP contribution >= 0.6 is 0 Å². The quantitative estimate of drug-likeness (QED) is 0.798. The van der Waals surface area contributed by atoms with Crippen LogP contribution in [0, 0.1) is 0 Å². The summed E-state index contributed by atoms with van der Waals surface area (Å²) in [5.41, 5.74) is 0. The van der Waals surface area contributed by atoms with Crippen molar-refractivity contribution in [2.24, 2.45) is 0 Å². The highest BCUT2D eigenvalue weighted by Gasteiger charge is 2.45. The van der Waals surface area contributed by atoms with Crippen molar-refractivity contribution in [3.8, 4) is 5.75 Å². The molecule has 3 rings (SSSR count). The summed E-state index contributed by atoms with van der Waals surface area (Å²) < 4.78 is 22.5. The van der Waals surface area contributed by atoms with Gasteiger partial charge < -0.3 is 18.9 Å². The molecule has 4 heteroatoms. The van der Waals surface area contributed by atoms with Gasteiger partial charge >= 0.3 is 0 Å². The van der Waals surface area contributed by atoms with E-state index in [-0.39, 0.29) is 24.6 Å². The van der Waals surface area contributed by atoms with Crippen molar-refractivity contribution in [1.29, 1.82) is 0 Å². The number of benzene rings is 1. The van der Waals surface area contributed by atoms with E-state index >= 15 is 0 Å². The van der Waals surface area contributed by atoms with Crippen molar-refractivity contribution in [3.05, 3.63) is 30.3 Å². The van der Waals surface area contributed by atoms with Gasteiger partial charge in [-0.3, -0.25) is 0 Å². The average Bonchev–Trinajstić information content (AvgIpc) is 2.79. The largest absolute Gasteiger partial charge is 0.488 e. The van der Waals surface area contributed by atoms with Gasteiger partial charge in [-0.05, 0) is 12.1 Å². The molecule has 1 aromatic rings. The first-order valence-corrected chi connectivity index (χ1v) is 5.88. The van der Waals surface area contributed by atoms with Crippen molar-refractivity contribution >= 4 is 0 Å². The van der Waals surface area contributed by atoms with Crippen LogP contribution in [0.1, 0.15) is 6.42 Å². The van der Waals surface area contributed by atoms with E-state index in [1.165, 1.54) is 0 Å². The Kier molecular flexibility index (Phi) is 3.01. The highest BCUT2D eigenvalue weighted by atomic mass is 16.7. The summed E-state index contributed by atoms with van der Waals surface area (Å²) in [6.07, 6.45) is 0.566. The van der Waals surface area contributed by atoms with E-state index in [1.807, 2.05) is 30.3 Å². The third-order valence-corrected chi connectivity index (χ3v) is 3.25. The average molecular weight is 236 g/mol. The van der Waals surface area contributed by atoms with Crippen molar-refractivity contribution in [1.82, 2.24) is 0 Å². The van der Waals surface area contributed by atoms with Crippen LogP contribution in [0.3, 0.4) is 0 Å². The number of hydrogen-bond donors (Lipinski definition) is 0. The molecule has 0 aliphatic carbocycles. The molecular formula is C13H16O4. The van der Waals surface area contributed by atoms with Crippen LogP contribution in [0.25, 0.3) is 0 Å². The standard InChI is InChI=1S/C13H16O4/c1-14-11-7-10(12-8-15-13(11)17-12)16-9-5-3-2-4-6-9/h2-6,10-13H,7-8H2,1H3/t10-,11+,12+,13+/m0/s1. The molecule has 0 amide bonds. The fraction of sp³-hybridized carbons (Fsp3) is 0.538. The molecule has 2 aliphatic rings. The second-order valence-electron chi connectivity index (χ2n) is 4.36. The Morgan fingerprint density at radius 3 is 2.76 bits per heavy atom. The summed E-state index contributed by atoms with van der Waals surface area (Å²) in [4.78, 5) is 0. The number of hydrogen-bond acceptors (Lipinski definition) is 4. The molecule has 2 fully saturated rings. The molecule has 4 nitrogen and oxygen atoms in total. The van der Waals surface area contributed by atoms with Gasteiger partial charge in [0.25, 0.3) is 0 Å². The van der Waals surface area contributed by atoms with Crippen molar-refractivity contribution in [2.75, 3.05) is 13.7 Å². The zero-order valence-electron chi connectivity index (χ0n) is 9.74. The zero-order chi connectivity index (χ0) is 11.7. The van der Waals surface area contributed by atoms with E-state index < -0.39 is 0 Å². The first-order valence-electron chi connectivity index (χ1n) is 5.88. The maximum absolute atomic E-state index is 5.93. The highest BCUT2D eigenvalue weighted by molar-refractivity contribution is 5.21. The van der Waals surface area contributed by atoms with Gasteiger partial charge in [-0.25, -0.2) is 0 Å². The molecule has 2 aliphatic heterocycles. The Morgan fingerprint density at radius 2 is 2.00 bits per heavy atom. The van der Waals surface area contributed by atoms with Crippen LogP contribution in [0.2, 0.25) is 0 Å². The smallest absolute Gasteiger partial charge is 0.184 e. The molecule has 0 radical (unpaired) electrons. The topological polar surface area (TPSA) is 36.9 Å². The van der Waals surface area contributed by atoms with Crippen LogP contribution < -0.4 is 4.74 Å². The van der Waals surface area contributed by atoms with Crippen LogP contribution in [-0.2, 0) is 14.2 Å². The third-order valence-electron chi connectivity index (χ3n) is 3.25. The van der Waals surface area contributed by atoms with Gasteiger partial charge in [0.05, 0.1) is 6.61 Å². The van der Waals surface area contributed by atoms with Crippen molar-refractivity contribution < 1.29 is 18.9 Å². The van der Waals surface area contributed by atoms with Gasteiger partial charge in [-0.2, -0.15) is 0 Å². The normalized spacial score (nSPS) is 35.8. The number of methoxy groups -OCH3 is 1. The molecule has 0 aromatic heterocycles. The molecule has 0 unspecified atom stereocenters. The minimum Gasteiger partial charge on any atom is -0.488 e. The van der Waals surface area contributed by atoms with Crippen LogP contribution in [-0.4, -0.2) is 38.3 Å². The van der Waals surface area contributed by atoms with Gasteiger partial charge in [0.2, 0.25) is 0 Å². The Balaban J connectivity index is 1.70. The van der Waals surface area contributed by atoms with Gasteiger partial charge in [0, 0.05) is 13.5 Å². The lowest BCUT2D eigenvalue weighted by Crippen LogP contribution is -2.45. The van der Waals surface area contributed by atoms with Crippen LogP contribution in [0.4, 0.5) is 0 Å². The van der Waals surface area contributed by atoms with E-state index in [1.54, 1.807) is 7.11 Å².